The van der Waals surface area contributed by atoms with Gasteiger partial charge in [0.05, 0.1) is 18.0 Å². The van der Waals surface area contributed by atoms with Crippen LogP contribution in [0.25, 0.3) is 5.69 Å². The topological polar surface area (TPSA) is 93.5 Å². The highest BCUT2D eigenvalue weighted by Crippen LogP contribution is 2.14. The molecule has 0 fully saturated rings. The van der Waals surface area contributed by atoms with Crippen LogP contribution in [0, 0.1) is 6.92 Å². The largest absolute Gasteiger partial charge is 0.478 e. The lowest BCUT2D eigenvalue weighted by Gasteiger charge is -2.08. The fourth-order valence-corrected chi connectivity index (χ4v) is 2.15. The molecule has 1 aromatic heterocycles. The van der Waals surface area contributed by atoms with Crippen molar-refractivity contribution < 1.29 is 19.4 Å². The first-order valence-corrected chi connectivity index (χ1v) is 7.80. The molecular formula is C17H21N3O4. The summed E-state index contributed by atoms with van der Waals surface area (Å²) in [5.41, 5.74) is 2.21. The molecule has 0 unspecified atom stereocenters. The highest BCUT2D eigenvalue weighted by atomic mass is 16.5. The number of unbranched alkanes of at least 4 members (excludes halogenated alkanes) is 1. The van der Waals surface area contributed by atoms with Gasteiger partial charge in [0.25, 0.3) is 0 Å². The van der Waals surface area contributed by atoms with Gasteiger partial charge in [0.15, 0.2) is 0 Å². The van der Waals surface area contributed by atoms with Gasteiger partial charge in [-0.1, -0.05) is 25.5 Å². The number of carbonyl (C=O) groups is 2. The Hall–Kier alpha value is -2.83. The van der Waals surface area contributed by atoms with Crippen LogP contribution in [0.15, 0.2) is 30.5 Å². The highest BCUT2D eigenvalue weighted by Gasteiger charge is 2.12. The van der Waals surface area contributed by atoms with Crippen molar-refractivity contribution in [1.29, 1.82) is 0 Å². The molecule has 2 rings (SSSR count). The number of hydrogen-bond donors (Lipinski definition) is 2. The average molecular weight is 331 g/mol. The molecule has 7 heteroatoms. The number of aromatic carboxylic acids is 1. The van der Waals surface area contributed by atoms with E-state index in [9.17, 15) is 9.59 Å². The number of carbonyl (C=O) groups excluding carboxylic acids is 1. The first-order chi connectivity index (χ1) is 11.5. The highest BCUT2D eigenvalue weighted by molar-refractivity contribution is 5.88. The molecule has 1 heterocycles. The van der Waals surface area contributed by atoms with Crippen molar-refractivity contribution in [3.8, 4) is 5.69 Å². The lowest BCUT2D eigenvalue weighted by molar-refractivity contribution is 0.0696. The van der Waals surface area contributed by atoms with Gasteiger partial charge in [-0.25, -0.2) is 14.3 Å². The Labute approximate surface area is 140 Å². The third-order valence-electron chi connectivity index (χ3n) is 3.47. The molecule has 2 N–H and O–H groups in total. The number of ether oxygens (including phenoxy) is 1. The Balaban J connectivity index is 2.02. The zero-order valence-corrected chi connectivity index (χ0v) is 13.8. The van der Waals surface area contributed by atoms with E-state index < -0.39 is 12.1 Å². The molecular weight excluding hydrogens is 310 g/mol. The van der Waals surface area contributed by atoms with E-state index in [1.54, 1.807) is 6.92 Å². The lowest BCUT2D eigenvalue weighted by atomic mass is 10.2. The predicted molar refractivity (Wildman–Crippen MR) is 88.4 cm³/mol. The van der Waals surface area contributed by atoms with Gasteiger partial charge in [0, 0.05) is 12.7 Å². The molecule has 1 aromatic carbocycles. The van der Waals surface area contributed by atoms with E-state index in [2.05, 4.69) is 10.4 Å². The summed E-state index contributed by atoms with van der Waals surface area (Å²) < 4.78 is 6.55. The Morgan fingerprint density at radius 3 is 2.83 bits per heavy atom. The van der Waals surface area contributed by atoms with Crippen LogP contribution in [-0.4, -0.2) is 33.6 Å². The second kappa shape index (κ2) is 8.14. The predicted octanol–water partition coefficient (Wildman–Crippen LogP) is 2.91. The summed E-state index contributed by atoms with van der Waals surface area (Å²) in [6, 6.07) is 7.35. The molecule has 128 valence electrons. The number of carboxylic acid groups (broad SMARTS) is 1. The summed E-state index contributed by atoms with van der Waals surface area (Å²) in [6.07, 6.45) is 2.84. The van der Waals surface area contributed by atoms with Crippen LogP contribution in [-0.2, 0) is 11.3 Å². The number of hydrogen-bond acceptors (Lipinski definition) is 4. The van der Waals surface area contributed by atoms with E-state index in [1.807, 2.05) is 31.2 Å². The summed E-state index contributed by atoms with van der Waals surface area (Å²) in [5.74, 6) is -1.01. The van der Waals surface area contributed by atoms with Crippen LogP contribution in [0.2, 0.25) is 0 Å². The van der Waals surface area contributed by atoms with Crippen molar-refractivity contribution in [2.75, 3.05) is 6.61 Å². The van der Waals surface area contributed by atoms with Crippen LogP contribution >= 0.6 is 0 Å². The van der Waals surface area contributed by atoms with Gasteiger partial charge >= 0.3 is 12.1 Å². The molecule has 0 saturated carbocycles. The molecule has 0 bridgehead atoms. The van der Waals surface area contributed by atoms with Crippen LogP contribution in [0.3, 0.4) is 0 Å². The number of nitrogens with one attached hydrogen (secondary N) is 1. The van der Waals surface area contributed by atoms with Crippen molar-refractivity contribution in [2.45, 2.75) is 33.2 Å². The Kier molecular flexibility index (Phi) is 5.95. The SMILES string of the molecule is CCCCOC(=O)NCc1cccc(-n2cc(C(=O)O)c(C)n2)c1. The number of carboxylic acids is 1. The van der Waals surface area contributed by atoms with Crippen LogP contribution in [0.4, 0.5) is 4.79 Å². The smallest absolute Gasteiger partial charge is 0.407 e. The van der Waals surface area contributed by atoms with Crippen molar-refractivity contribution in [1.82, 2.24) is 15.1 Å². The van der Waals surface area contributed by atoms with E-state index in [4.69, 9.17) is 9.84 Å². The third-order valence-corrected chi connectivity index (χ3v) is 3.47. The second-order valence-electron chi connectivity index (χ2n) is 5.39. The van der Waals surface area contributed by atoms with Crippen LogP contribution in [0.1, 0.15) is 41.4 Å². The van der Waals surface area contributed by atoms with E-state index >= 15 is 0 Å². The van der Waals surface area contributed by atoms with E-state index in [-0.39, 0.29) is 5.56 Å². The van der Waals surface area contributed by atoms with Crippen molar-refractivity contribution in [3.05, 3.63) is 47.3 Å². The Morgan fingerprint density at radius 1 is 1.38 bits per heavy atom. The summed E-state index contributed by atoms with van der Waals surface area (Å²) in [4.78, 5) is 22.7. The molecule has 2 aromatic rings. The standard InChI is InChI=1S/C17H21N3O4/c1-3-4-8-24-17(23)18-10-13-6-5-7-14(9-13)20-11-15(16(21)22)12(2)19-20/h5-7,9,11H,3-4,8,10H2,1-2H3,(H,18,23)(H,21,22). The number of rotatable bonds is 7. The molecule has 0 spiro atoms. The molecule has 0 aliphatic rings. The number of aryl methyl sites for hydroxylation is 1. The van der Waals surface area contributed by atoms with Gasteiger partial charge in [-0.2, -0.15) is 5.10 Å². The molecule has 1 amide bonds. The molecule has 7 nitrogen and oxygen atoms in total. The van der Waals surface area contributed by atoms with Crippen LogP contribution in [0.5, 0.6) is 0 Å². The van der Waals surface area contributed by atoms with Gasteiger partial charge < -0.3 is 15.2 Å². The zero-order chi connectivity index (χ0) is 17.5. The van der Waals surface area contributed by atoms with Gasteiger partial charge in [-0.3, -0.25) is 0 Å². The Bertz CT molecular complexity index is 724. The molecule has 0 aliphatic heterocycles. The fourth-order valence-electron chi connectivity index (χ4n) is 2.15. The minimum absolute atomic E-state index is 0.165. The van der Waals surface area contributed by atoms with Gasteiger partial charge in [-0.15, -0.1) is 0 Å². The second-order valence-corrected chi connectivity index (χ2v) is 5.39. The van der Waals surface area contributed by atoms with Gasteiger partial charge in [-0.05, 0) is 31.0 Å². The minimum Gasteiger partial charge on any atom is -0.478 e. The molecule has 0 saturated heterocycles. The molecule has 0 radical (unpaired) electrons. The van der Waals surface area contributed by atoms with Gasteiger partial charge in [0.1, 0.15) is 5.56 Å². The van der Waals surface area contributed by atoms with Gasteiger partial charge in [0.2, 0.25) is 0 Å². The number of benzene rings is 1. The molecule has 0 atom stereocenters. The Morgan fingerprint density at radius 2 is 2.17 bits per heavy atom. The first-order valence-electron chi connectivity index (χ1n) is 7.80. The summed E-state index contributed by atoms with van der Waals surface area (Å²) in [6.45, 7) is 4.41. The maximum atomic E-state index is 11.6. The number of aromatic nitrogens is 2. The summed E-state index contributed by atoms with van der Waals surface area (Å²) >= 11 is 0. The summed E-state index contributed by atoms with van der Waals surface area (Å²) in [7, 11) is 0. The fraction of sp³-hybridized carbons (Fsp3) is 0.353. The number of amides is 1. The third kappa shape index (κ3) is 4.58. The van der Waals surface area contributed by atoms with E-state index in [0.29, 0.717) is 18.8 Å². The van der Waals surface area contributed by atoms with Crippen LogP contribution < -0.4 is 5.32 Å². The molecule has 24 heavy (non-hydrogen) atoms. The first kappa shape index (κ1) is 17.5. The number of nitrogens with zero attached hydrogens (tertiary/aromatic N) is 2. The number of alkyl carbamates (subject to hydrolysis) is 1. The monoisotopic (exact) mass is 331 g/mol. The van der Waals surface area contributed by atoms with Crippen molar-refractivity contribution in [3.63, 3.8) is 0 Å². The van der Waals surface area contributed by atoms with E-state index in [1.165, 1.54) is 10.9 Å². The zero-order valence-electron chi connectivity index (χ0n) is 13.8. The van der Waals surface area contributed by atoms with Crippen molar-refractivity contribution >= 4 is 12.1 Å². The maximum absolute atomic E-state index is 11.6. The maximum Gasteiger partial charge on any atom is 0.407 e. The lowest BCUT2D eigenvalue weighted by Crippen LogP contribution is -2.24. The normalized spacial score (nSPS) is 10.4. The quantitative estimate of drug-likeness (QED) is 0.761. The molecule has 0 aliphatic carbocycles. The summed E-state index contributed by atoms with van der Waals surface area (Å²) in [5, 5.41) is 16.0. The van der Waals surface area contributed by atoms with E-state index in [0.717, 1.165) is 24.1 Å². The average Bonchev–Trinajstić information content (AvgIpc) is 2.96. The minimum atomic E-state index is -1.01. The van der Waals surface area contributed by atoms with Crippen molar-refractivity contribution in [2.24, 2.45) is 0 Å².